The second kappa shape index (κ2) is 5.38. The van der Waals surface area contributed by atoms with E-state index in [1.54, 1.807) is 0 Å². The van der Waals surface area contributed by atoms with E-state index in [1.165, 1.54) is 0 Å². The van der Waals surface area contributed by atoms with Crippen LogP contribution in [0, 0.1) is 0 Å². The van der Waals surface area contributed by atoms with Crippen LogP contribution < -0.4 is 4.90 Å². The molecule has 0 amide bonds. The summed E-state index contributed by atoms with van der Waals surface area (Å²) in [6.45, 7) is 7.97. The fraction of sp³-hybridized carbons (Fsp3) is 0.571. The number of oxime groups is 1. The lowest BCUT2D eigenvalue weighted by molar-refractivity contribution is 0.000118. The quantitative estimate of drug-likeness (QED) is 0.754. The third-order valence-electron chi connectivity index (χ3n) is 2.76. The monoisotopic (exact) mass is 247 g/mol. The van der Waals surface area contributed by atoms with Gasteiger partial charge in [0.2, 0.25) is 0 Å². The molecule has 0 atom stereocenters. The van der Waals surface area contributed by atoms with E-state index in [1.807, 2.05) is 45.2 Å². The summed E-state index contributed by atoms with van der Waals surface area (Å²) in [7, 11) is 0. The van der Waals surface area contributed by atoms with Gasteiger partial charge in [0.15, 0.2) is 0 Å². The maximum Gasteiger partial charge on any atom is 0.129 e. The van der Waals surface area contributed by atoms with E-state index in [9.17, 15) is 0 Å². The number of rotatable bonds is 2. The normalized spacial score (nSPS) is 16.6. The zero-order valence-corrected chi connectivity index (χ0v) is 11.4. The molecule has 1 aromatic heterocycles. The van der Waals surface area contributed by atoms with Gasteiger partial charge in [-0.2, -0.15) is 0 Å². The lowest BCUT2D eigenvalue weighted by atomic mass is 10.1. The first kappa shape index (κ1) is 12.9. The van der Waals surface area contributed by atoms with Gasteiger partial charge in [0, 0.05) is 32.1 Å². The molecule has 0 unspecified atom stereocenters. The summed E-state index contributed by atoms with van der Waals surface area (Å²) >= 11 is 0. The second-order valence-corrected chi connectivity index (χ2v) is 5.54. The van der Waals surface area contributed by atoms with Crippen LogP contribution in [-0.2, 0) is 4.84 Å². The number of hydrogen-bond acceptors (Lipinski definition) is 4. The number of anilines is 1. The van der Waals surface area contributed by atoms with Crippen LogP contribution in [0.4, 0.5) is 5.82 Å². The Morgan fingerprint density at radius 2 is 1.94 bits per heavy atom. The van der Waals surface area contributed by atoms with Crippen molar-refractivity contribution in [3.8, 4) is 0 Å². The Morgan fingerprint density at radius 3 is 2.50 bits per heavy atom. The molecular formula is C14H21N3O. The van der Waals surface area contributed by atoms with Gasteiger partial charge in [-0.15, -0.1) is 0 Å². The van der Waals surface area contributed by atoms with E-state index in [0.717, 1.165) is 37.5 Å². The summed E-state index contributed by atoms with van der Waals surface area (Å²) in [6.07, 6.45) is 3.74. The largest absolute Gasteiger partial charge is 0.390 e. The van der Waals surface area contributed by atoms with Gasteiger partial charge in [0.1, 0.15) is 11.4 Å². The van der Waals surface area contributed by atoms with Gasteiger partial charge in [0.05, 0.1) is 5.71 Å². The van der Waals surface area contributed by atoms with Crippen LogP contribution in [0.5, 0.6) is 0 Å². The van der Waals surface area contributed by atoms with Gasteiger partial charge >= 0.3 is 0 Å². The van der Waals surface area contributed by atoms with Crippen molar-refractivity contribution >= 4 is 11.5 Å². The Bertz CT molecular complexity index is 399. The first-order chi connectivity index (χ1) is 8.54. The molecule has 18 heavy (non-hydrogen) atoms. The van der Waals surface area contributed by atoms with E-state index >= 15 is 0 Å². The number of nitrogens with zero attached hydrogens (tertiary/aromatic N) is 3. The molecule has 0 bridgehead atoms. The minimum absolute atomic E-state index is 0.203. The number of hydrogen-bond donors (Lipinski definition) is 0. The molecule has 4 nitrogen and oxygen atoms in total. The molecule has 0 radical (unpaired) electrons. The van der Waals surface area contributed by atoms with Crippen LogP contribution in [0.15, 0.2) is 29.6 Å². The van der Waals surface area contributed by atoms with Crippen LogP contribution in [0.25, 0.3) is 0 Å². The molecule has 0 N–H and O–H groups in total. The molecule has 1 aliphatic rings. The van der Waals surface area contributed by atoms with Crippen molar-refractivity contribution in [1.29, 1.82) is 0 Å². The van der Waals surface area contributed by atoms with E-state index in [2.05, 4.69) is 15.0 Å². The molecule has 1 saturated heterocycles. The van der Waals surface area contributed by atoms with Gasteiger partial charge in [-0.3, -0.25) is 0 Å². The SMILES string of the molecule is CC(C)(C)ON=C1CCN(c2ccccn2)CC1. The van der Waals surface area contributed by atoms with Crippen molar-refractivity contribution < 1.29 is 4.84 Å². The zero-order valence-electron chi connectivity index (χ0n) is 11.4. The maximum atomic E-state index is 5.46. The summed E-state index contributed by atoms with van der Waals surface area (Å²) < 4.78 is 0. The Kier molecular flexibility index (Phi) is 3.84. The highest BCUT2D eigenvalue weighted by Crippen LogP contribution is 2.16. The molecule has 2 rings (SSSR count). The average Bonchev–Trinajstić information content (AvgIpc) is 2.37. The lowest BCUT2D eigenvalue weighted by Crippen LogP contribution is -2.34. The zero-order chi connectivity index (χ0) is 13.0. The highest BCUT2D eigenvalue weighted by atomic mass is 16.6. The van der Waals surface area contributed by atoms with Crippen LogP contribution in [0.1, 0.15) is 33.6 Å². The Morgan fingerprint density at radius 1 is 1.22 bits per heavy atom. The number of piperidine rings is 1. The van der Waals surface area contributed by atoms with Crippen LogP contribution >= 0.6 is 0 Å². The second-order valence-electron chi connectivity index (χ2n) is 5.54. The van der Waals surface area contributed by atoms with Gasteiger partial charge in [-0.1, -0.05) is 11.2 Å². The van der Waals surface area contributed by atoms with E-state index in [-0.39, 0.29) is 5.60 Å². The van der Waals surface area contributed by atoms with E-state index < -0.39 is 0 Å². The summed E-state index contributed by atoms with van der Waals surface area (Å²) in [5.41, 5.74) is 0.947. The van der Waals surface area contributed by atoms with Crippen molar-refractivity contribution in [1.82, 2.24) is 4.98 Å². The number of pyridine rings is 1. The maximum absolute atomic E-state index is 5.46. The molecular weight excluding hydrogens is 226 g/mol. The standard InChI is InChI=1S/C14H21N3O/c1-14(2,3)18-16-12-7-10-17(11-8-12)13-6-4-5-9-15-13/h4-6,9H,7-8,10-11H2,1-3H3. The summed E-state index contributed by atoms with van der Waals surface area (Å²) in [4.78, 5) is 12.1. The van der Waals surface area contributed by atoms with E-state index in [0.29, 0.717) is 0 Å². The molecule has 0 spiro atoms. The van der Waals surface area contributed by atoms with Crippen molar-refractivity contribution in [2.75, 3.05) is 18.0 Å². The molecule has 2 heterocycles. The topological polar surface area (TPSA) is 37.7 Å². The lowest BCUT2D eigenvalue weighted by Gasteiger charge is -2.28. The molecule has 4 heteroatoms. The predicted octanol–water partition coefficient (Wildman–Crippen LogP) is 2.85. The Hall–Kier alpha value is -1.58. The highest BCUT2D eigenvalue weighted by Gasteiger charge is 2.18. The van der Waals surface area contributed by atoms with Gasteiger partial charge in [0.25, 0.3) is 0 Å². The van der Waals surface area contributed by atoms with Gasteiger partial charge in [-0.05, 0) is 32.9 Å². The van der Waals surface area contributed by atoms with E-state index in [4.69, 9.17) is 4.84 Å². The predicted molar refractivity (Wildman–Crippen MR) is 74.0 cm³/mol. The van der Waals surface area contributed by atoms with Gasteiger partial charge in [-0.25, -0.2) is 4.98 Å². The minimum atomic E-state index is -0.203. The fourth-order valence-electron chi connectivity index (χ4n) is 1.83. The first-order valence-corrected chi connectivity index (χ1v) is 6.44. The average molecular weight is 247 g/mol. The van der Waals surface area contributed by atoms with Crippen LogP contribution in [0.2, 0.25) is 0 Å². The highest BCUT2D eigenvalue weighted by molar-refractivity contribution is 5.86. The fourth-order valence-corrected chi connectivity index (χ4v) is 1.83. The summed E-state index contributed by atoms with van der Waals surface area (Å²) in [5.74, 6) is 1.05. The Labute approximate surface area is 109 Å². The van der Waals surface area contributed by atoms with Crippen molar-refractivity contribution in [2.45, 2.75) is 39.2 Å². The van der Waals surface area contributed by atoms with Crippen LogP contribution in [-0.4, -0.2) is 29.4 Å². The molecule has 0 aliphatic carbocycles. The minimum Gasteiger partial charge on any atom is -0.390 e. The number of aromatic nitrogens is 1. The third-order valence-corrected chi connectivity index (χ3v) is 2.76. The first-order valence-electron chi connectivity index (χ1n) is 6.44. The van der Waals surface area contributed by atoms with Crippen molar-refractivity contribution in [3.05, 3.63) is 24.4 Å². The summed E-state index contributed by atoms with van der Waals surface area (Å²) in [6, 6.07) is 6.01. The smallest absolute Gasteiger partial charge is 0.129 e. The molecule has 0 saturated carbocycles. The Balaban J connectivity index is 1.89. The van der Waals surface area contributed by atoms with Crippen molar-refractivity contribution in [2.24, 2.45) is 5.16 Å². The molecule has 1 aliphatic heterocycles. The summed E-state index contributed by atoms with van der Waals surface area (Å²) in [5, 5.41) is 4.25. The van der Waals surface area contributed by atoms with Gasteiger partial charge < -0.3 is 9.74 Å². The molecule has 98 valence electrons. The molecule has 1 fully saturated rings. The van der Waals surface area contributed by atoms with Crippen molar-refractivity contribution in [3.63, 3.8) is 0 Å². The third kappa shape index (κ3) is 3.72. The van der Waals surface area contributed by atoms with Crippen LogP contribution in [0.3, 0.4) is 0 Å². The molecule has 1 aromatic rings. The molecule has 0 aromatic carbocycles.